The molecule has 23 heavy (non-hydrogen) atoms. The average Bonchev–Trinajstić information content (AvgIpc) is 2.76. The molecule has 2 rings (SSSR count). The van der Waals surface area contributed by atoms with Gasteiger partial charge < -0.3 is 9.84 Å². The zero-order valence-corrected chi connectivity index (χ0v) is 12.5. The summed E-state index contributed by atoms with van der Waals surface area (Å²) in [6.45, 7) is -0.528. The first-order valence-corrected chi connectivity index (χ1v) is 6.94. The Morgan fingerprint density at radius 2 is 2.17 bits per heavy atom. The number of hydrogen-bond acceptors (Lipinski definition) is 8. The standard InChI is InChI=1S/C13H10N2O7S/c1-22-11(17)6-14-12(18)10(23-13(14)19)5-7-4-8(15(20)21)2-3-9(7)16/h2-5,16H,6H2,1H3. The number of nitro groups is 1. The molecule has 10 heteroatoms. The molecule has 1 saturated heterocycles. The van der Waals surface area contributed by atoms with E-state index >= 15 is 0 Å². The molecule has 0 spiro atoms. The van der Waals surface area contributed by atoms with Crippen molar-refractivity contribution in [3.63, 3.8) is 0 Å². The van der Waals surface area contributed by atoms with E-state index in [0.717, 1.165) is 31.4 Å². The quantitative estimate of drug-likeness (QED) is 0.379. The summed E-state index contributed by atoms with van der Waals surface area (Å²) >= 11 is 0.562. The lowest BCUT2D eigenvalue weighted by molar-refractivity contribution is -0.384. The van der Waals surface area contributed by atoms with E-state index in [1.165, 1.54) is 0 Å². The maximum atomic E-state index is 12.1. The Labute approximate surface area is 133 Å². The highest BCUT2D eigenvalue weighted by molar-refractivity contribution is 8.18. The van der Waals surface area contributed by atoms with E-state index in [2.05, 4.69) is 4.74 Å². The molecule has 1 fully saturated rings. The fraction of sp³-hybridized carbons (Fsp3) is 0.154. The number of imide groups is 1. The van der Waals surface area contributed by atoms with Crippen molar-refractivity contribution >= 4 is 40.6 Å². The molecule has 0 atom stereocenters. The summed E-state index contributed by atoms with van der Waals surface area (Å²) in [6, 6.07) is 3.29. The number of nitro benzene ring substituents is 1. The van der Waals surface area contributed by atoms with Gasteiger partial charge in [0.1, 0.15) is 12.3 Å². The Morgan fingerprint density at radius 3 is 2.78 bits per heavy atom. The largest absolute Gasteiger partial charge is 0.507 e. The summed E-state index contributed by atoms with van der Waals surface area (Å²) in [5.74, 6) is -1.78. The maximum absolute atomic E-state index is 12.1. The smallest absolute Gasteiger partial charge is 0.325 e. The molecule has 0 radical (unpaired) electrons. The van der Waals surface area contributed by atoms with E-state index in [1.807, 2.05) is 0 Å². The topological polar surface area (TPSA) is 127 Å². The van der Waals surface area contributed by atoms with Crippen molar-refractivity contribution in [1.82, 2.24) is 4.90 Å². The predicted octanol–water partition coefficient (Wildman–Crippen LogP) is 1.51. The Morgan fingerprint density at radius 1 is 1.48 bits per heavy atom. The van der Waals surface area contributed by atoms with Gasteiger partial charge in [0, 0.05) is 17.7 Å². The van der Waals surface area contributed by atoms with Crippen LogP contribution in [0.1, 0.15) is 5.56 Å². The van der Waals surface area contributed by atoms with E-state index in [-0.39, 0.29) is 21.9 Å². The highest BCUT2D eigenvalue weighted by Crippen LogP contribution is 2.34. The van der Waals surface area contributed by atoms with Crippen LogP contribution in [0, 0.1) is 10.1 Å². The molecule has 0 aliphatic carbocycles. The molecule has 1 aromatic rings. The Hall–Kier alpha value is -2.88. The fourth-order valence-corrected chi connectivity index (χ4v) is 2.57. The van der Waals surface area contributed by atoms with E-state index in [0.29, 0.717) is 16.7 Å². The molecule has 1 aromatic carbocycles. The second-order valence-electron chi connectivity index (χ2n) is 4.34. The Kier molecular flexibility index (Phi) is 4.65. The van der Waals surface area contributed by atoms with Gasteiger partial charge in [0.15, 0.2) is 0 Å². The van der Waals surface area contributed by atoms with Gasteiger partial charge in [-0.2, -0.15) is 0 Å². The first-order valence-electron chi connectivity index (χ1n) is 6.13. The number of phenols is 1. The van der Waals surface area contributed by atoms with E-state index in [1.54, 1.807) is 0 Å². The number of phenolic OH excluding ortho intramolecular Hbond substituents is 1. The number of carbonyl (C=O) groups is 3. The molecule has 0 unspecified atom stereocenters. The van der Waals surface area contributed by atoms with Crippen LogP contribution in [0.4, 0.5) is 10.5 Å². The van der Waals surface area contributed by atoms with E-state index < -0.39 is 28.6 Å². The summed E-state index contributed by atoms with van der Waals surface area (Å²) in [5.41, 5.74) is -0.259. The number of non-ortho nitro benzene ring substituents is 1. The minimum absolute atomic E-state index is 0.0165. The lowest BCUT2D eigenvalue weighted by Crippen LogP contribution is -2.34. The van der Waals surface area contributed by atoms with Gasteiger partial charge >= 0.3 is 5.97 Å². The maximum Gasteiger partial charge on any atom is 0.325 e. The third-order valence-corrected chi connectivity index (χ3v) is 3.80. The van der Waals surface area contributed by atoms with Gasteiger partial charge in [0.05, 0.1) is 16.9 Å². The normalized spacial score (nSPS) is 16.0. The van der Waals surface area contributed by atoms with Gasteiger partial charge in [-0.05, 0) is 23.9 Å². The van der Waals surface area contributed by atoms with Crippen molar-refractivity contribution in [3.05, 3.63) is 38.8 Å². The van der Waals surface area contributed by atoms with Crippen LogP contribution in [-0.2, 0) is 14.3 Å². The van der Waals surface area contributed by atoms with Gasteiger partial charge in [-0.25, -0.2) is 0 Å². The molecule has 1 N–H and O–H groups in total. The number of benzene rings is 1. The molecule has 120 valence electrons. The molecule has 9 nitrogen and oxygen atoms in total. The van der Waals surface area contributed by atoms with Crippen molar-refractivity contribution < 1.29 is 29.2 Å². The van der Waals surface area contributed by atoms with Crippen molar-refractivity contribution in [2.24, 2.45) is 0 Å². The molecule has 0 saturated carbocycles. The van der Waals surface area contributed by atoms with Crippen LogP contribution in [0.25, 0.3) is 6.08 Å². The van der Waals surface area contributed by atoms with Crippen LogP contribution in [0.2, 0.25) is 0 Å². The first-order chi connectivity index (χ1) is 10.8. The van der Waals surface area contributed by atoms with Crippen LogP contribution in [0.3, 0.4) is 0 Å². The molecule has 1 heterocycles. The zero-order chi connectivity index (χ0) is 17.1. The minimum atomic E-state index is -0.758. The van der Waals surface area contributed by atoms with Gasteiger partial charge in [0.2, 0.25) is 0 Å². The summed E-state index contributed by atoms with van der Waals surface area (Å²) in [6.07, 6.45) is 1.16. The minimum Gasteiger partial charge on any atom is -0.507 e. The van der Waals surface area contributed by atoms with Gasteiger partial charge in [-0.1, -0.05) is 0 Å². The highest BCUT2D eigenvalue weighted by atomic mass is 32.2. The molecule has 1 aliphatic rings. The van der Waals surface area contributed by atoms with Crippen LogP contribution in [0.5, 0.6) is 5.75 Å². The SMILES string of the molecule is COC(=O)CN1C(=O)SC(=Cc2cc([N+](=O)[O-])ccc2O)C1=O. The molecular formula is C13H10N2O7S. The van der Waals surface area contributed by atoms with Crippen molar-refractivity contribution in [2.45, 2.75) is 0 Å². The molecule has 2 amide bonds. The number of ether oxygens (including phenoxy) is 1. The summed E-state index contributed by atoms with van der Waals surface area (Å²) in [5, 5.41) is 19.8. The second-order valence-corrected chi connectivity index (χ2v) is 5.34. The average molecular weight is 338 g/mol. The zero-order valence-electron chi connectivity index (χ0n) is 11.7. The highest BCUT2D eigenvalue weighted by Gasteiger charge is 2.36. The molecular weight excluding hydrogens is 328 g/mol. The summed E-state index contributed by atoms with van der Waals surface area (Å²) in [4.78, 5) is 45.7. The first kappa shape index (κ1) is 16.5. The lowest BCUT2D eigenvalue weighted by atomic mass is 10.1. The fourth-order valence-electron chi connectivity index (χ4n) is 1.74. The number of nitrogens with zero attached hydrogens (tertiary/aromatic N) is 2. The molecule has 0 aromatic heterocycles. The summed E-state index contributed by atoms with van der Waals surface area (Å²) in [7, 11) is 1.12. The van der Waals surface area contributed by atoms with E-state index in [4.69, 9.17) is 0 Å². The Balaban J connectivity index is 2.32. The monoisotopic (exact) mass is 338 g/mol. The number of hydrogen-bond donors (Lipinski definition) is 1. The van der Waals surface area contributed by atoms with Gasteiger partial charge in [-0.3, -0.25) is 29.4 Å². The van der Waals surface area contributed by atoms with Crippen LogP contribution >= 0.6 is 11.8 Å². The van der Waals surface area contributed by atoms with Crippen molar-refractivity contribution in [2.75, 3.05) is 13.7 Å². The summed E-state index contributed by atoms with van der Waals surface area (Å²) < 4.78 is 4.39. The van der Waals surface area contributed by atoms with Crippen molar-refractivity contribution in [3.8, 4) is 5.75 Å². The van der Waals surface area contributed by atoms with Gasteiger partial charge in [-0.15, -0.1) is 0 Å². The molecule has 0 bridgehead atoms. The number of methoxy groups -OCH3 is 1. The predicted molar refractivity (Wildman–Crippen MR) is 79.5 cm³/mol. The number of thioether (sulfide) groups is 1. The lowest BCUT2D eigenvalue weighted by Gasteiger charge is -2.09. The number of carbonyl (C=O) groups excluding carboxylic acids is 3. The number of amides is 2. The van der Waals surface area contributed by atoms with Crippen LogP contribution in [-0.4, -0.2) is 45.7 Å². The van der Waals surface area contributed by atoms with Crippen LogP contribution < -0.4 is 0 Å². The third kappa shape index (κ3) is 3.48. The number of rotatable bonds is 4. The molecule has 1 aliphatic heterocycles. The number of aromatic hydroxyl groups is 1. The second kappa shape index (κ2) is 6.48. The Bertz CT molecular complexity index is 744. The van der Waals surface area contributed by atoms with Crippen LogP contribution in [0.15, 0.2) is 23.1 Å². The van der Waals surface area contributed by atoms with Gasteiger partial charge in [0.25, 0.3) is 16.8 Å². The van der Waals surface area contributed by atoms with E-state index in [9.17, 15) is 29.6 Å². The third-order valence-electron chi connectivity index (χ3n) is 2.90. The van der Waals surface area contributed by atoms with Crippen molar-refractivity contribution in [1.29, 1.82) is 0 Å². The number of esters is 1.